The van der Waals surface area contributed by atoms with Crippen LogP contribution < -0.4 is 10.5 Å². The van der Waals surface area contributed by atoms with Gasteiger partial charge in [0.15, 0.2) is 9.84 Å². The molecule has 0 radical (unpaired) electrons. The van der Waals surface area contributed by atoms with Crippen LogP contribution in [0.15, 0.2) is 47.4 Å². The highest BCUT2D eigenvalue weighted by atomic mass is 32.2. The molecule has 0 aromatic heterocycles. The molecular formula is C14H13F2NO3S. The maximum atomic E-state index is 13.5. The Bertz CT molecular complexity index is 748. The van der Waals surface area contributed by atoms with Gasteiger partial charge >= 0.3 is 0 Å². The molecule has 0 aliphatic carbocycles. The quantitative estimate of drug-likeness (QED) is 0.680. The summed E-state index contributed by atoms with van der Waals surface area (Å²) in [5.41, 5.74) is 6.02. The van der Waals surface area contributed by atoms with Crippen LogP contribution >= 0.6 is 0 Å². The summed E-state index contributed by atoms with van der Waals surface area (Å²) >= 11 is 0. The molecule has 0 bridgehead atoms. The van der Waals surface area contributed by atoms with Crippen LogP contribution in [0.3, 0.4) is 0 Å². The number of benzene rings is 2. The van der Waals surface area contributed by atoms with E-state index in [2.05, 4.69) is 0 Å². The van der Waals surface area contributed by atoms with Crippen molar-refractivity contribution in [3.63, 3.8) is 0 Å². The minimum absolute atomic E-state index is 0.187. The summed E-state index contributed by atoms with van der Waals surface area (Å²) < 4.78 is 55.4. The van der Waals surface area contributed by atoms with Crippen molar-refractivity contribution in [3.05, 3.63) is 54.1 Å². The number of para-hydroxylation sites is 2. The number of rotatable bonds is 5. The van der Waals surface area contributed by atoms with Crippen molar-refractivity contribution in [1.29, 1.82) is 0 Å². The van der Waals surface area contributed by atoms with Gasteiger partial charge in [0.25, 0.3) is 0 Å². The van der Waals surface area contributed by atoms with Gasteiger partial charge < -0.3 is 10.5 Å². The number of nitrogens with two attached hydrogens (primary N) is 1. The molecule has 112 valence electrons. The molecule has 4 nitrogen and oxygen atoms in total. The average molecular weight is 313 g/mol. The van der Waals surface area contributed by atoms with E-state index in [1.54, 1.807) is 24.3 Å². The number of ether oxygens (including phenoxy) is 1. The molecule has 2 N–H and O–H groups in total. The summed E-state index contributed by atoms with van der Waals surface area (Å²) in [5, 5.41) is 0. The van der Waals surface area contributed by atoms with Crippen molar-refractivity contribution in [2.24, 2.45) is 0 Å². The highest BCUT2D eigenvalue weighted by molar-refractivity contribution is 7.91. The molecule has 0 heterocycles. The fraction of sp³-hybridized carbons (Fsp3) is 0.143. The van der Waals surface area contributed by atoms with Crippen LogP contribution in [0.4, 0.5) is 14.5 Å². The Hall–Kier alpha value is -2.15. The molecule has 0 saturated carbocycles. The first-order valence-corrected chi connectivity index (χ1v) is 7.70. The van der Waals surface area contributed by atoms with Gasteiger partial charge in [0.1, 0.15) is 28.9 Å². The van der Waals surface area contributed by atoms with Gasteiger partial charge in [0.05, 0.1) is 11.4 Å². The molecule has 21 heavy (non-hydrogen) atoms. The lowest BCUT2D eigenvalue weighted by Gasteiger charge is -2.09. The molecule has 0 aliphatic heterocycles. The summed E-state index contributed by atoms with van der Waals surface area (Å²) in [6, 6.07) is 8.95. The van der Waals surface area contributed by atoms with E-state index in [9.17, 15) is 17.2 Å². The normalized spacial score (nSPS) is 11.3. The molecule has 0 fully saturated rings. The number of sulfone groups is 1. The molecule has 0 unspecified atom stereocenters. The first-order valence-electron chi connectivity index (χ1n) is 6.05. The maximum Gasteiger partial charge on any atom is 0.184 e. The predicted molar refractivity (Wildman–Crippen MR) is 74.8 cm³/mol. The maximum absolute atomic E-state index is 13.5. The minimum Gasteiger partial charge on any atom is -0.490 e. The molecular weight excluding hydrogens is 300 g/mol. The smallest absolute Gasteiger partial charge is 0.184 e. The second kappa shape index (κ2) is 6.09. The monoisotopic (exact) mass is 313 g/mol. The Morgan fingerprint density at radius 1 is 1.10 bits per heavy atom. The van der Waals surface area contributed by atoms with Crippen LogP contribution in [0.1, 0.15) is 0 Å². The van der Waals surface area contributed by atoms with Crippen LogP contribution in [-0.2, 0) is 9.84 Å². The van der Waals surface area contributed by atoms with Gasteiger partial charge in [-0.15, -0.1) is 0 Å². The number of hydrogen-bond donors (Lipinski definition) is 1. The molecule has 0 atom stereocenters. The molecule has 2 aromatic carbocycles. The highest BCUT2D eigenvalue weighted by Gasteiger charge is 2.20. The van der Waals surface area contributed by atoms with Crippen molar-refractivity contribution in [3.8, 4) is 5.75 Å². The standard InChI is InChI=1S/C14H13F2NO3S/c15-10-5-6-14(11(16)9-10)21(18,19)8-7-20-13-4-2-1-3-12(13)17/h1-6,9H,7-8,17H2. The van der Waals surface area contributed by atoms with E-state index < -0.39 is 32.1 Å². The van der Waals surface area contributed by atoms with Crippen molar-refractivity contribution in [1.82, 2.24) is 0 Å². The number of hydrogen-bond acceptors (Lipinski definition) is 4. The number of nitrogen functional groups attached to an aromatic ring is 1. The molecule has 7 heteroatoms. The van der Waals surface area contributed by atoms with Crippen LogP contribution in [0.5, 0.6) is 5.75 Å². The van der Waals surface area contributed by atoms with Crippen molar-refractivity contribution in [2.45, 2.75) is 4.90 Å². The summed E-state index contributed by atoms with van der Waals surface area (Å²) in [4.78, 5) is -0.548. The Morgan fingerprint density at radius 3 is 2.48 bits per heavy atom. The Balaban J connectivity index is 2.07. The largest absolute Gasteiger partial charge is 0.490 e. The van der Waals surface area contributed by atoms with E-state index in [1.165, 1.54) is 0 Å². The first kappa shape index (κ1) is 15.2. The fourth-order valence-corrected chi connectivity index (χ4v) is 2.86. The van der Waals surface area contributed by atoms with Crippen LogP contribution in [-0.4, -0.2) is 20.8 Å². The first-order chi connectivity index (χ1) is 9.90. The second-order valence-corrected chi connectivity index (χ2v) is 6.36. The topological polar surface area (TPSA) is 69.4 Å². The van der Waals surface area contributed by atoms with E-state index in [0.29, 0.717) is 17.5 Å². The molecule has 2 aromatic rings. The van der Waals surface area contributed by atoms with Crippen LogP contribution in [0.2, 0.25) is 0 Å². The Kier molecular flexibility index (Phi) is 4.42. The van der Waals surface area contributed by atoms with Crippen molar-refractivity contribution >= 4 is 15.5 Å². The van der Waals surface area contributed by atoms with Gasteiger partial charge in [-0.1, -0.05) is 12.1 Å². The lowest BCUT2D eigenvalue weighted by atomic mass is 10.3. The number of anilines is 1. The van der Waals surface area contributed by atoms with E-state index in [-0.39, 0.29) is 6.61 Å². The SMILES string of the molecule is Nc1ccccc1OCCS(=O)(=O)c1ccc(F)cc1F. The lowest BCUT2D eigenvalue weighted by molar-refractivity contribution is 0.342. The van der Waals surface area contributed by atoms with Crippen molar-refractivity contribution < 1.29 is 21.9 Å². The van der Waals surface area contributed by atoms with Crippen LogP contribution in [0.25, 0.3) is 0 Å². The molecule has 0 spiro atoms. The van der Waals surface area contributed by atoms with E-state index in [4.69, 9.17) is 10.5 Å². The summed E-state index contributed by atoms with van der Waals surface area (Å²) in [6.45, 7) is -0.187. The Labute approximate surface area is 121 Å². The third kappa shape index (κ3) is 3.69. The van der Waals surface area contributed by atoms with Gasteiger partial charge in [-0.2, -0.15) is 0 Å². The Morgan fingerprint density at radius 2 is 1.81 bits per heavy atom. The third-order valence-electron chi connectivity index (χ3n) is 2.76. The molecule has 0 saturated heterocycles. The van der Waals surface area contributed by atoms with E-state index in [0.717, 1.165) is 12.1 Å². The highest BCUT2D eigenvalue weighted by Crippen LogP contribution is 2.21. The zero-order chi connectivity index (χ0) is 15.5. The minimum atomic E-state index is -3.90. The van der Waals surface area contributed by atoms with Crippen molar-refractivity contribution in [2.75, 3.05) is 18.1 Å². The van der Waals surface area contributed by atoms with Gasteiger partial charge in [-0.3, -0.25) is 0 Å². The van der Waals surface area contributed by atoms with E-state index >= 15 is 0 Å². The second-order valence-electron chi connectivity index (χ2n) is 4.28. The summed E-state index contributed by atoms with van der Waals surface area (Å²) in [7, 11) is -3.90. The molecule has 0 aliphatic rings. The zero-order valence-electron chi connectivity index (χ0n) is 10.9. The summed E-state index contributed by atoms with van der Waals surface area (Å²) in [6.07, 6.45) is 0. The van der Waals surface area contributed by atoms with Gasteiger partial charge in [0.2, 0.25) is 0 Å². The third-order valence-corrected chi connectivity index (χ3v) is 4.46. The fourth-order valence-electron chi connectivity index (χ4n) is 1.71. The van der Waals surface area contributed by atoms with Gasteiger partial charge in [0, 0.05) is 6.07 Å². The van der Waals surface area contributed by atoms with Gasteiger partial charge in [-0.05, 0) is 24.3 Å². The van der Waals surface area contributed by atoms with E-state index in [1.807, 2.05) is 0 Å². The molecule has 0 amide bonds. The zero-order valence-corrected chi connectivity index (χ0v) is 11.7. The average Bonchev–Trinajstić information content (AvgIpc) is 2.40. The van der Waals surface area contributed by atoms with Gasteiger partial charge in [-0.25, -0.2) is 17.2 Å². The summed E-state index contributed by atoms with van der Waals surface area (Å²) in [5.74, 6) is -2.04. The lowest BCUT2D eigenvalue weighted by Crippen LogP contribution is -2.16. The molecule has 2 rings (SSSR count). The number of halogens is 2. The van der Waals surface area contributed by atoms with Crippen LogP contribution in [0, 0.1) is 11.6 Å². The predicted octanol–water partition coefficient (Wildman–Crippen LogP) is 2.40.